The molecule has 1 heterocycles. The number of carbonyl (C=O) groups is 1. The molecule has 0 aromatic heterocycles. The molecule has 0 unspecified atom stereocenters. The van der Waals surface area contributed by atoms with Crippen molar-refractivity contribution in [2.24, 2.45) is 0 Å². The Bertz CT molecular complexity index is 468. The number of nitrogens with zero attached hydrogens (tertiary/aromatic N) is 1. The summed E-state index contributed by atoms with van der Waals surface area (Å²) in [6.07, 6.45) is 2.27. The highest BCUT2D eigenvalue weighted by Gasteiger charge is 2.23. The normalized spacial score (nSPS) is 16.2. The summed E-state index contributed by atoms with van der Waals surface area (Å²) >= 11 is 0. The fraction of sp³-hybridized carbons (Fsp3) is 0.533. The van der Waals surface area contributed by atoms with Crippen molar-refractivity contribution in [1.82, 2.24) is 0 Å². The van der Waals surface area contributed by atoms with Gasteiger partial charge in [-0.15, -0.1) is 0 Å². The van der Waals surface area contributed by atoms with Gasteiger partial charge in [0, 0.05) is 25.4 Å². The van der Waals surface area contributed by atoms with Crippen molar-refractivity contribution < 1.29 is 14.3 Å². The van der Waals surface area contributed by atoms with Gasteiger partial charge in [0.05, 0.1) is 24.5 Å². The SMILES string of the molecule is CCOC1CCN(c2ccc(N)cc2C(=O)OC)CC1. The van der Waals surface area contributed by atoms with Crippen molar-refractivity contribution in [2.75, 3.05) is 37.4 Å². The third-order valence-electron chi connectivity index (χ3n) is 3.61. The second kappa shape index (κ2) is 6.61. The van der Waals surface area contributed by atoms with Crippen molar-refractivity contribution in [3.05, 3.63) is 23.8 Å². The summed E-state index contributed by atoms with van der Waals surface area (Å²) in [7, 11) is 1.39. The molecule has 20 heavy (non-hydrogen) atoms. The summed E-state index contributed by atoms with van der Waals surface area (Å²) in [6, 6.07) is 5.38. The highest BCUT2D eigenvalue weighted by atomic mass is 16.5. The Morgan fingerprint density at radius 1 is 1.40 bits per heavy atom. The Balaban J connectivity index is 2.15. The largest absolute Gasteiger partial charge is 0.465 e. The van der Waals surface area contributed by atoms with Gasteiger partial charge >= 0.3 is 5.97 Å². The van der Waals surface area contributed by atoms with Gasteiger partial charge in [-0.1, -0.05) is 0 Å². The summed E-state index contributed by atoms with van der Waals surface area (Å²) in [5, 5.41) is 0. The lowest BCUT2D eigenvalue weighted by molar-refractivity contribution is 0.0458. The molecule has 0 bridgehead atoms. The van der Waals surface area contributed by atoms with Crippen LogP contribution in [0, 0.1) is 0 Å². The molecule has 5 nitrogen and oxygen atoms in total. The first-order chi connectivity index (χ1) is 9.65. The molecule has 1 aliphatic rings. The Labute approximate surface area is 119 Å². The fourth-order valence-electron chi connectivity index (χ4n) is 2.60. The van der Waals surface area contributed by atoms with Crippen LogP contribution < -0.4 is 10.6 Å². The maximum absolute atomic E-state index is 11.9. The van der Waals surface area contributed by atoms with E-state index in [0.717, 1.165) is 38.2 Å². The summed E-state index contributed by atoms with van der Waals surface area (Å²) in [5.41, 5.74) is 7.75. The molecule has 1 aromatic carbocycles. The van der Waals surface area contributed by atoms with Crippen LogP contribution in [0.2, 0.25) is 0 Å². The van der Waals surface area contributed by atoms with Crippen molar-refractivity contribution >= 4 is 17.3 Å². The van der Waals surface area contributed by atoms with E-state index in [2.05, 4.69) is 4.90 Å². The minimum absolute atomic E-state index is 0.326. The predicted molar refractivity (Wildman–Crippen MR) is 79.1 cm³/mol. The Morgan fingerprint density at radius 2 is 2.10 bits per heavy atom. The zero-order valence-corrected chi connectivity index (χ0v) is 12.1. The van der Waals surface area contributed by atoms with Gasteiger partial charge < -0.3 is 20.1 Å². The van der Waals surface area contributed by atoms with Gasteiger partial charge in [0.15, 0.2) is 0 Å². The lowest BCUT2D eigenvalue weighted by atomic mass is 10.0. The highest BCUT2D eigenvalue weighted by Crippen LogP contribution is 2.27. The first kappa shape index (κ1) is 14.7. The van der Waals surface area contributed by atoms with Crippen LogP contribution in [0.1, 0.15) is 30.1 Å². The number of benzene rings is 1. The maximum atomic E-state index is 11.9. The van der Waals surface area contributed by atoms with E-state index < -0.39 is 0 Å². The number of rotatable bonds is 4. The standard InChI is InChI=1S/C15H22N2O3/c1-3-20-12-6-8-17(9-7-12)14-5-4-11(16)10-13(14)15(18)19-2/h4-5,10,12H,3,6-9,16H2,1-2H3. The summed E-state index contributed by atoms with van der Waals surface area (Å²) in [4.78, 5) is 14.1. The molecule has 1 aliphatic heterocycles. The van der Waals surface area contributed by atoms with E-state index in [-0.39, 0.29) is 5.97 Å². The molecule has 1 saturated heterocycles. The second-order valence-electron chi connectivity index (χ2n) is 4.91. The summed E-state index contributed by atoms with van der Waals surface area (Å²) < 4.78 is 10.5. The van der Waals surface area contributed by atoms with E-state index in [4.69, 9.17) is 15.2 Å². The van der Waals surface area contributed by atoms with Crippen molar-refractivity contribution in [3.8, 4) is 0 Å². The van der Waals surface area contributed by atoms with Gasteiger partial charge in [0.25, 0.3) is 0 Å². The first-order valence-electron chi connectivity index (χ1n) is 7.00. The maximum Gasteiger partial charge on any atom is 0.340 e. The minimum atomic E-state index is -0.348. The van der Waals surface area contributed by atoms with Crippen molar-refractivity contribution in [1.29, 1.82) is 0 Å². The monoisotopic (exact) mass is 278 g/mol. The average molecular weight is 278 g/mol. The van der Waals surface area contributed by atoms with Crippen molar-refractivity contribution in [2.45, 2.75) is 25.9 Å². The molecule has 1 aromatic rings. The molecule has 0 aliphatic carbocycles. The molecular weight excluding hydrogens is 256 g/mol. The molecule has 0 saturated carbocycles. The van der Waals surface area contributed by atoms with Crippen LogP contribution in [0.4, 0.5) is 11.4 Å². The molecule has 0 atom stereocenters. The number of ether oxygens (including phenoxy) is 2. The number of hydrogen-bond donors (Lipinski definition) is 1. The van der Waals surface area contributed by atoms with E-state index in [9.17, 15) is 4.79 Å². The zero-order chi connectivity index (χ0) is 14.5. The van der Waals surface area contributed by atoms with E-state index in [0.29, 0.717) is 17.4 Å². The van der Waals surface area contributed by atoms with Crippen LogP contribution in [-0.2, 0) is 9.47 Å². The number of methoxy groups -OCH3 is 1. The predicted octanol–water partition coefficient (Wildman–Crippen LogP) is 2.06. The number of esters is 1. The van der Waals surface area contributed by atoms with Gasteiger partial charge in [-0.2, -0.15) is 0 Å². The van der Waals surface area contributed by atoms with Crippen LogP contribution >= 0.6 is 0 Å². The molecule has 1 fully saturated rings. The summed E-state index contributed by atoms with van der Waals surface area (Å²) in [6.45, 7) is 4.51. The number of hydrogen-bond acceptors (Lipinski definition) is 5. The molecule has 5 heteroatoms. The zero-order valence-electron chi connectivity index (χ0n) is 12.1. The highest BCUT2D eigenvalue weighted by molar-refractivity contribution is 5.97. The number of piperidine rings is 1. The second-order valence-corrected chi connectivity index (χ2v) is 4.91. The number of nitrogens with two attached hydrogens (primary N) is 1. The van der Waals surface area contributed by atoms with Gasteiger partial charge in [0.1, 0.15) is 0 Å². The number of nitrogen functional groups attached to an aromatic ring is 1. The molecule has 0 amide bonds. The molecule has 0 radical (unpaired) electrons. The van der Waals surface area contributed by atoms with E-state index in [1.165, 1.54) is 7.11 Å². The van der Waals surface area contributed by atoms with Crippen LogP contribution in [0.15, 0.2) is 18.2 Å². The van der Waals surface area contributed by atoms with Gasteiger partial charge in [-0.3, -0.25) is 0 Å². The van der Waals surface area contributed by atoms with E-state index >= 15 is 0 Å². The van der Waals surface area contributed by atoms with E-state index in [1.807, 2.05) is 19.1 Å². The Morgan fingerprint density at radius 3 is 2.70 bits per heavy atom. The van der Waals surface area contributed by atoms with Gasteiger partial charge in [-0.05, 0) is 38.0 Å². The smallest absolute Gasteiger partial charge is 0.340 e. The fourth-order valence-corrected chi connectivity index (χ4v) is 2.60. The molecule has 0 spiro atoms. The number of anilines is 2. The third kappa shape index (κ3) is 3.22. The molecule has 2 N–H and O–H groups in total. The van der Waals surface area contributed by atoms with Crippen LogP contribution in [-0.4, -0.2) is 38.9 Å². The average Bonchev–Trinajstić information content (AvgIpc) is 2.47. The quantitative estimate of drug-likeness (QED) is 0.674. The molecular formula is C15H22N2O3. The molecule has 110 valence electrons. The number of carbonyl (C=O) groups excluding carboxylic acids is 1. The summed E-state index contributed by atoms with van der Waals surface area (Å²) in [5.74, 6) is -0.348. The topological polar surface area (TPSA) is 64.8 Å². The minimum Gasteiger partial charge on any atom is -0.465 e. The van der Waals surface area contributed by atoms with Crippen LogP contribution in [0.5, 0.6) is 0 Å². The first-order valence-corrected chi connectivity index (χ1v) is 7.00. The Hall–Kier alpha value is -1.75. The lowest BCUT2D eigenvalue weighted by Crippen LogP contribution is -2.37. The van der Waals surface area contributed by atoms with Gasteiger partial charge in [-0.25, -0.2) is 4.79 Å². The van der Waals surface area contributed by atoms with Gasteiger partial charge in [0.2, 0.25) is 0 Å². The lowest BCUT2D eigenvalue weighted by Gasteiger charge is -2.34. The van der Waals surface area contributed by atoms with Crippen LogP contribution in [0.25, 0.3) is 0 Å². The van der Waals surface area contributed by atoms with Crippen molar-refractivity contribution in [3.63, 3.8) is 0 Å². The molecule has 2 rings (SSSR count). The Kier molecular flexibility index (Phi) is 4.84. The van der Waals surface area contributed by atoms with E-state index in [1.54, 1.807) is 6.07 Å². The third-order valence-corrected chi connectivity index (χ3v) is 3.61. The van der Waals surface area contributed by atoms with Crippen LogP contribution in [0.3, 0.4) is 0 Å².